The molecule has 18 heavy (non-hydrogen) atoms. The molecule has 1 rings (SSSR count). The molecule has 0 bridgehead atoms. The highest BCUT2D eigenvalue weighted by Crippen LogP contribution is 2.05. The Morgan fingerprint density at radius 2 is 2.00 bits per heavy atom. The first-order valence-corrected chi connectivity index (χ1v) is 6.26. The van der Waals surface area contributed by atoms with Crippen molar-refractivity contribution in [3.8, 4) is 0 Å². The summed E-state index contributed by atoms with van der Waals surface area (Å²) in [5.74, 6) is -0.0382. The molecule has 0 fully saturated rings. The molecule has 0 aromatic heterocycles. The molecule has 0 aliphatic carbocycles. The summed E-state index contributed by atoms with van der Waals surface area (Å²) in [5.41, 5.74) is 1.74. The highest BCUT2D eigenvalue weighted by molar-refractivity contribution is 5.94. The lowest BCUT2D eigenvalue weighted by Crippen LogP contribution is -2.38. The van der Waals surface area contributed by atoms with E-state index in [-0.39, 0.29) is 11.9 Å². The van der Waals surface area contributed by atoms with Crippen LogP contribution in [0.1, 0.15) is 29.8 Å². The van der Waals surface area contributed by atoms with Crippen molar-refractivity contribution in [1.82, 2.24) is 10.6 Å². The van der Waals surface area contributed by atoms with Gasteiger partial charge in [-0.15, -0.1) is 0 Å². The molecule has 0 spiro atoms. The van der Waals surface area contributed by atoms with Crippen LogP contribution < -0.4 is 10.6 Å². The summed E-state index contributed by atoms with van der Waals surface area (Å²) in [6.07, 6.45) is 0. The standard InChI is InChI=1S/C14H22N2O2/c1-4-15-11(2)9-16-14(17)13-7-5-12(6-8-13)10-18-3/h5-8,11,15H,4,9-10H2,1-3H3,(H,16,17)/t11-/m1/s1. The summed E-state index contributed by atoms with van der Waals surface area (Å²) >= 11 is 0. The van der Waals surface area contributed by atoms with Crippen molar-refractivity contribution in [2.45, 2.75) is 26.5 Å². The number of hydrogen-bond donors (Lipinski definition) is 2. The molecule has 100 valence electrons. The van der Waals surface area contributed by atoms with Gasteiger partial charge in [-0.05, 0) is 31.2 Å². The molecule has 4 nitrogen and oxygen atoms in total. The molecule has 0 unspecified atom stereocenters. The van der Waals surface area contributed by atoms with Gasteiger partial charge < -0.3 is 15.4 Å². The summed E-state index contributed by atoms with van der Waals surface area (Å²) in [6.45, 7) is 6.20. The molecule has 0 heterocycles. The Bertz CT molecular complexity index is 363. The largest absolute Gasteiger partial charge is 0.380 e. The van der Waals surface area contributed by atoms with Gasteiger partial charge in [0.15, 0.2) is 0 Å². The van der Waals surface area contributed by atoms with Crippen LogP contribution in [0.3, 0.4) is 0 Å². The predicted molar refractivity (Wildman–Crippen MR) is 72.6 cm³/mol. The lowest BCUT2D eigenvalue weighted by atomic mass is 10.1. The minimum absolute atomic E-state index is 0.0382. The average Bonchev–Trinajstić information content (AvgIpc) is 2.37. The third-order valence-electron chi connectivity index (χ3n) is 2.65. The van der Waals surface area contributed by atoms with Crippen molar-refractivity contribution in [1.29, 1.82) is 0 Å². The number of carbonyl (C=O) groups excluding carboxylic acids is 1. The quantitative estimate of drug-likeness (QED) is 0.772. The number of methoxy groups -OCH3 is 1. The van der Waals surface area contributed by atoms with Crippen LogP contribution in [0.4, 0.5) is 0 Å². The fourth-order valence-corrected chi connectivity index (χ4v) is 1.69. The van der Waals surface area contributed by atoms with Crippen molar-refractivity contribution in [2.75, 3.05) is 20.2 Å². The fraction of sp³-hybridized carbons (Fsp3) is 0.500. The summed E-state index contributed by atoms with van der Waals surface area (Å²) in [6, 6.07) is 7.74. The first-order chi connectivity index (χ1) is 8.67. The van der Waals surface area contributed by atoms with E-state index >= 15 is 0 Å². The van der Waals surface area contributed by atoms with Crippen molar-refractivity contribution in [3.05, 3.63) is 35.4 Å². The van der Waals surface area contributed by atoms with E-state index in [2.05, 4.69) is 10.6 Å². The lowest BCUT2D eigenvalue weighted by molar-refractivity contribution is 0.0950. The van der Waals surface area contributed by atoms with E-state index in [4.69, 9.17) is 4.74 Å². The Morgan fingerprint density at radius 1 is 1.33 bits per heavy atom. The van der Waals surface area contributed by atoms with E-state index in [0.717, 1.165) is 12.1 Å². The zero-order chi connectivity index (χ0) is 13.4. The molecule has 1 aromatic carbocycles. The van der Waals surface area contributed by atoms with E-state index in [1.165, 1.54) is 0 Å². The van der Waals surface area contributed by atoms with Gasteiger partial charge in [0.1, 0.15) is 0 Å². The second kappa shape index (κ2) is 7.84. The third-order valence-corrected chi connectivity index (χ3v) is 2.65. The van der Waals surface area contributed by atoms with Crippen LogP contribution in [-0.2, 0) is 11.3 Å². The van der Waals surface area contributed by atoms with Crippen molar-refractivity contribution < 1.29 is 9.53 Å². The second-order valence-electron chi connectivity index (χ2n) is 4.30. The zero-order valence-electron chi connectivity index (χ0n) is 11.3. The SMILES string of the molecule is CCN[C@H](C)CNC(=O)c1ccc(COC)cc1. The normalized spacial score (nSPS) is 12.2. The van der Waals surface area contributed by atoms with Crippen molar-refractivity contribution >= 4 is 5.91 Å². The smallest absolute Gasteiger partial charge is 0.251 e. The maximum atomic E-state index is 11.9. The van der Waals surface area contributed by atoms with Gasteiger partial charge in [-0.3, -0.25) is 4.79 Å². The van der Waals surface area contributed by atoms with Gasteiger partial charge in [0.05, 0.1) is 6.61 Å². The lowest BCUT2D eigenvalue weighted by Gasteiger charge is -2.13. The number of ether oxygens (including phenoxy) is 1. The van der Waals surface area contributed by atoms with E-state index in [0.29, 0.717) is 18.7 Å². The summed E-state index contributed by atoms with van der Waals surface area (Å²) in [7, 11) is 1.66. The molecule has 0 saturated carbocycles. The highest BCUT2D eigenvalue weighted by atomic mass is 16.5. The summed E-state index contributed by atoms with van der Waals surface area (Å²) < 4.78 is 5.03. The van der Waals surface area contributed by atoms with Crippen LogP contribution in [0, 0.1) is 0 Å². The molecule has 1 amide bonds. The number of carbonyl (C=O) groups is 1. The molecule has 0 saturated heterocycles. The van der Waals surface area contributed by atoms with Gasteiger partial charge in [-0.25, -0.2) is 0 Å². The molecular formula is C14H22N2O2. The van der Waals surface area contributed by atoms with Crippen LogP contribution in [0.5, 0.6) is 0 Å². The Morgan fingerprint density at radius 3 is 2.56 bits per heavy atom. The van der Waals surface area contributed by atoms with Crippen molar-refractivity contribution in [2.24, 2.45) is 0 Å². The number of hydrogen-bond acceptors (Lipinski definition) is 3. The number of benzene rings is 1. The maximum absolute atomic E-state index is 11.9. The van der Waals surface area contributed by atoms with E-state index < -0.39 is 0 Å². The number of likely N-dealkylation sites (N-methyl/N-ethyl adjacent to an activating group) is 1. The zero-order valence-corrected chi connectivity index (χ0v) is 11.3. The predicted octanol–water partition coefficient (Wildman–Crippen LogP) is 1.56. The number of rotatable bonds is 7. The topological polar surface area (TPSA) is 50.4 Å². The minimum atomic E-state index is -0.0382. The van der Waals surface area contributed by atoms with E-state index in [1.54, 1.807) is 7.11 Å². The van der Waals surface area contributed by atoms with Crippen LogP contribution in [0.15, 0.2) is 24.3 Å². The highest BCUT2D eigenvalue weighted by Gasteiger charge is 2.06. The molecule has 1 atom stereocenters. The molecule has 0 aliphatic heterocycles. The monoisotopic (exact) mass is 250 g/mol. The first kappa shape index (κ1) is 14.7. The molecular weight excluding hydrogens is 228 g/mol. The van der Waals surface area contributed by atoms with Crippen molar-refractivity contribution in [3.63, 3.8) is 0 Å². The van der Waals surface area contributed by atoms with Gasteiger partial charge in [0, 0.05) is 25.3 Å². The fourth-order valence-electron chi connectivity index (χ4n) is 1.69. The Hall–Kier alpha value is -1.39. The molecule has 2 N–H and O–H groups in total. The average molecular weight is 250 g/mol. The summed E-state index contributed by atoms with van der Waals surface area (Å²) in [4.78, 5) is 11.9. The number of nitrogens with one attached hydrogen (secondary N) is 2. The molecule has 4 heteroatoms. The van der Waals surface area contributed by atoms with Gasteiger partial charge in [0.25, 0.3) is 5.91 Å². The van der Waals surface area contributed by atoms with Crippen LogP contribution in [0.25, 0.3) is 0 Å². The minimum Gasteiger partial charge on any atom is -0.380 e. The van der Waals surface area contributed by atoms with E-state index in [1.807, 2.05) is 38.1 Å². The Balaban J connectivity index is 2.46. The number of amides is 1. The van der Waals surface area contributed by atoms with Crippen LogP contribution in [-0.4, -0.2) is 32.1 Å². The van der Waals surface area contributed by atoms with E-state index in [9.17, 15) is 4.79 Å². The van der Waals surface area contributed by atoms with Gasteiger partial charge in [-0.1, -0.05) is 19.1 Å². The second-order valence-corrected chi connectivity index (χ2v) is 4.30. The van der Waals surface area contributed by atoms with Gasteiger partial charge in [-0.2, -0.15) is 0 Å². The van der Waals surface area contributed by atoms with Crippen LogP contribution in [0.2, 0.25) is 0 Å². The van der Waals surface area contributed by atoms with Gasteiger partial charge >= 0.3 is 0 Å². The van der Waals surface area contributed by atoms with Gasteiger partial charge in [0.2, 0.25) is 0 Å². The molecule has 0 radical (unpaired) electrons. The third kappa shape index (κ3) is 4.85. The maximum Gasteiger partial charge on any atom is 0.251 e. The Kier molecular flexibility index (Phi) is 6.39. The first-order valence-electron chi connectivity index (χ1n) is 6.26. The molecule has 1 aromatic rings. The summed E-state index contributed by atoms with van der Waals surface area (Å²) in [5, 5.41) is 6.15. The molecule has 0 aliphatic rings. The van der Waals surface area contributed by atoms with Crippen LogP contribution >= 0.6 is 0 Å². The Labute approximate surface area is 109 Å².